The van der Waals surface area contributed by atoms with Crippen LogP contribution in [0.4, 0.5) is 11.5 Å². The number of amides is 1. The number of anilines is 2. The van der Waals surface area contributed by atoms with Crippen LogP contribution in [0.1, 0.15) is 24.0 Å². The number of piperazine rings is 1. The molecule has 3 aromatic rings. The van der Waals surface area contributed by atoms with Gasteiger partial charge in [0.15, 0.2) is 0 Å². The van der Waals surface area contributed by atoms with Crippen LogP contribution < -0.4 is 20.1 Å². The van der Waals surface area contributed by atoms with Crippen molar-refractivity contribution >= 4 is 57.4 Å². The molecule has 0 unspecified atom stereocenters. The Morgan fingerprint density at radius 1 is 1.12 bits per heavy atom. The Morgan fingerprint density at radius 3 is 2.58 bits per heavy atom. The molecule has 0 bridgehead atoms. The van der Waals surface area contributed by atoms with E-state index in [0.717, 1.165) is 42.9 Å². The van der Waals surface area contributed by atoms with E-state index in [9.17, 15) is 9.59 Å². The van der Waals surface area contributed by atoms with E-state index in [1.54, 1.807) is 28.7 Å². The zero-order valence-corrected chi connectivity index (χ0v) is 24.2. The lowest BCUT2D eigenvalue weighted by Gasteiger charge is -2.37. The number of fused-ring (bicyclic) bond motifs is 1. The van der Waals surface area contributed by atoms with E-state index in [0.29, 0.717) is 52.5 Å². The molecule has 1 amide bonds. The minimum absolute atomic E-state index is 0.00431. The van der Waals surface area contributed by atoms with Gasteiger partial charge in [-0.1, -0.05) is 30.0 Å². The first-order valence-corrected chi connectivity index (χ1v) is 14.7. The van der Waals surface area contributed by atoms with Crippen molar-refractivity contribution < 1.29 is 14.3 Å². The van der Waals surface area contributed by atoms with Crippen molar-refractivity contribution in [3.8, 4) is 5.75 Å². The van der Waals surface area contributed by atoms with Crippen LogP contribution in [0.2, 0.25) is 0 Å². The molecule has 40 heavy (non-hydrogen) atoms. The number of ether oxygens (including phenoxy) is 2. The Morgan fingerprint density at radius 2 is 1.88 bits per heavy atom. The molecule has 0 N–H and O–H groups in total. The Kier molecular flexibility index (Phi) is 7.52. The molecule has 0 spiro atoms. The molecule has 0 radical (unpaired) electrons. The summed E-state index contributed by atoms with van der Waals surface area (Å²) in [5, 5.41) is 0. The summed E-state index contributed by atoms with van der Waals surface area (Å²) in [6.45, 7) is 6.00. The predicted molar refractivity (Wildman–Crippen MR) is 162 cm³/mol. The van der Waals surface area contributed by atoms with Crippen LogP contribution >= 0.6 is 24.0 Å². The second kappa shape index (κ2) is 11.2. The van der Waals surface area contributed by atoms with Crippen molar-refractivity contribution in [2.24, 2.45) is 0 Å². The first kappa shape index (κ1) is 26.8. The lowest BCUT2D eigenvalue weighted by molar-refractivity contribution is -0.123. The van der Waals surface area contributed by atoms with Gasteiger partial charge in [-0.25, -0.2) is 4.98 Å². The molecule has 5 heterocycles. The Hall–Kier alpha value is -3.41. The number of carbonyl (C=O) groups excluding carboxylic acids is 1. The molecular formula is C29H31N5O4S2. The number of thioether (sulfide) groups is 1. The standard InChI is InChI=1S/C29H31N5O4S2/c1-19-5-3-11-33-25(19)30-26(32-14-12-31(13-15-32)20-7-9-21(37-2)10-8-20)23(27(33)35)17-24-28(36)34(29(39)40-24)18-22-6-4-16-38-22/h3,5,7-11,17,22H,4,6,12-16,18H2,1-2H3/b24-17-/t22-/m0/s1. The van der Waals surface area contributed by atoms with Crippen molar-refractivity contribution in [2.75, 3.05) is 56.2 Å². The van der Waals surface area contributed by atoms with E-state index in [4.69, 9.17) is 26.7 Å². The Labute approximate surface area is 242 Å². The van der Waals surface area contributed by atoms with Gasteiger partial charge in [0.05, 0.1) is 30.2 Å². The molecule has 1 atom stereocenters. The number of hydrogen-bond donors (Lipinski definition) is 0. The fourth-order valence-corrected chi connectivity index (χ4v) is 6.67. The largest absolute Gasteiger partial charge is 0.497 e. The van der Waals surface area contributed by atoms with Crippen molar-refractivity contribution in [3.05, 3.63) is 69.0 Å². The maximum Gasteiger partial charge on any atom is 0.267 e. The summed E-state index contributed by atoms with van der Waals surface area (Å²) in [6.07, 6.45) is 5.31. The highest BCUT2D eigenvalue weighted by Crippen LogP contribution is 2.35. The van der Waals surface area contributed by atoms with Crippen LogP contribution in [-0.2, 0) is 9.53 Å². The summed E-state index contributed by atoms with van der Waals surface area (Å²) >= 11 is 6.79. The molecule has 208 valence electrons. The topological polar surface area (TPSA) is 79.6 Å². The molecule has 1 aromatic carbocycles. The maximum atomic E-state index is 13.9. The number of rotatable bonds is 6. The lowest BCUT2D eigenvalue weighted by Crippen LogP contribution is -2.47. The van der Waals surface area contributed by atoms with Crippen molar-refractivity contribution in [1.29, 1.82) is 0 Å². The summed E-state index contributed by atoms with van der Waals surface area (Å²) < 4.78 is 13.1. The third-order valence-electron chi connectivity index (χ3n) is 7.64. The van der Waals surface area contributed by atoms with Crippen LogP contribution in [0.15, 0.2) is 52.3 Å². The smallest absolute Gasteiger partial charge is 0.267 e. The van der Waals surface area contributed by atoms with Gasteiger partial charge in [0.1, 0.15) is 21.5 Å². The predicted octanol–water partition coefficient (Wildman–Crippen LogP) is 3.72. The lowest BCUT2D eigenvalue weighted by atomic mass is 10.2. The second-order valence-corrected chi connectivity index (χ2v) is 11.8. The minimum Gasteiger partial charge on any atom is -0.497 e. The van der Waals surface area contributed by atoms with Crippen molar-refractivity contribution in [1.82, 2.24) is 14.3 Å². The Balaban J connectivity index is 1.32. The van der Waals surface area contributed by atoms with Crippen molar-refractivity contribution in [3.63, 3.8) is 0 Å². The highest BCUT2D eigenvalue weighted by molar-refractivity contribution is 8.26. The summed E-state index contributed by atoms with van der Waals surface area (Å²) in [5.41, 5.74) is 2.84. The summed E-state index contributed by atoms with van der Waals surface area (Å²) in [5.74, 6) is 1.23. The van der Waals surface area contributed by atoms with E-state index < -0.39 is 0 Å². The van der Waals surface area contributed by atoms with Gasteiger partial charge in [0.25, 0.3) is 11.5 Å². The van der Waals surface area contributed by atoms with Crippen LogP contribution in [0.25, 0.3) is 11.7 Å². The SMILES string of the molecule is COc1ccc(N2CCN(c3nc4c(C)cccn4c(=O)c3/C=C3\SC(=S)N(C[C@@H]4CCCO4)C3=O)CC2)cc1. The molecule has 3 fully saturated rings. The van der Waals surface area contributed by atoms with Gasteiger partial charge in [0.2, 0.25) is 0 Å². The second-order valence-electron chi connectivity index (χ2n) is 10.1. The van der Waals surface area contributed by atoms with Gasteiger partial charge in [-0.2, -0.15) is 0 Å². The quantitative estimate of drug-likeness (QED) is 0.322. The zero-order valence-electron chi connectivity index (χ0n) is 22.5. The first-order valence-electron chi connectivity index (χ1n) is 13.5. The van der Waals surface area contributed by atoms with Gasteiger partial charge in [-0.3, -0.25) is 18.9 Å². The molecule has 0 saturated carbocycles. The number of aromatic nitrogens is 2. The van der Waals surface area contributed by atoms with E-state index in [-0.39, 0.29) is 17.6 Å². The average molecular weight is 578 g/mol. The van der Waals surface area contributed by atoms with Crippen LogP contribution in [0.5, 0.6) is 5.75 Å². The number of pyridine rings is 1. The monoisotopic (exact) mass is 577 g/mol. The third-order valence-corrected chi connectivity index (χ3v) is 9.02. The highest BCUT2D eigenvalue weighted by atomic mass is 32.2. The number of benzene rings is 1. The number of methoxy groups -OCH3 is 1. The van der Waals surface area contributed by atoms with E-state index in [2.05, 4.69) is 21.9 Å². The molecule has 3 aliphatic heterocycles. The molecule has 11 heteroatoms. The highest BCUT2D eigenvalue weighted by Gasteiger charge is 2.35. The molecule has 3 saturated heterocycles. The van der Waals surface area contributed by atoms with E-state index in [1.165, 1.54) is 11.8 Å². The molecule has 9 nitrogen and oxygen atoms in total. The van der Waals surface area contributed by atoms with Gasteiger partial charge < -0.3 is 19.3 Å². The van der Waals surface area contributed by atoms with Crippen molar-refractivity contribution in [2.45, 2.75) is 25.9 Å². The summed E-state index contributed by atoms with van der Waals surface area (Å²) in [7, 11) is 1.66. The van der Waals surface area contributed by atoms with Gasteiger partial charge in [0, 0.05) is 44.7 Å². The number of hydrogen-bond acceptors (Lipinski definition) is 9. The molecular weight excluding hydrogens is 546 g/mol. The van der Waals surface area contributed by atoms with Crippen LogP contribution in [0.3, 0.4) is 0 Å². The van der Waals surface area contributed by atoms with Crippen LogP contribution in [0, 0.1) is 6.92 Å². The number of carbonyl (C=O) groups is 1. The maximum absolute atomic E-state index is 13.9. The summed E-state index contributed by atoms with van der Waals surface area (Å²) in [4.78, 5) is 38.8. The molecule has 0 aliphatic carbocycles. The Bertz CT molecular complexity index is 1540. The molecule has 6 rings (SSSR count). The van der Waals surface area contributed by atoms with Gasteiger partial charge >= 0.3 is 0 Å². The average Bonchev–Trinajstić information content (AvgIpc) is 3.59. The molecule has 2 aromatic heterocycles. The van der Waals surface area contributed by atoms with E-state index >= 15 is 0 Å². The number of aryl methyl sites for hydroxylation is 1. The van der Waals surface area contributed by atoms with Gasteiger partial charge in [-0.15, -0.1) is 0 Å². The fraction of sp³-hybridized carbons (Fsp3) is 0.379. The van der Waals surface area contributed by atoms with E-state index in [1.807, 2.05) is 31.2 Å². The normalized spacial score (nSPS) is 20.8. The van der Waals surface area contributed by atoms with Crippen LogP contribution in [-0.4, -0.2) is 77.1 Å². The summed E-state index contributed by atoms with van der Waals surface area (Å²) in [6, 6.07) is 11.8. The number of nitrogens with zero attached hydrogens (tertiary/aromatic N) is 5. The zero-order chi connectivity index (χ0) is 27.8. The first-order chi connectivity index (χ1) is 19.4. The molecule has 3 aliphatic rings. The fourth-order valence-electron chi connectivity index (χ4n) is 5.42. The third kappa shape index (κ3) is 5.09. The minimum atomic E-state index is -0.203. The van der Waals surface area contributed by atoms with Gasteiger partial charge in [-0.05, 0) is 61.7 Å². The number of thiocarbonyl (C=S) groups is 1.